The number of hydrogen-bond acceptors (Lipinski definition) is 4. The van der Waals surface area contributed by atoms with Gasteiger partial charge in [-0.1, -0.05) is 18.2 Å². The third-order valence-corrected chi connectivity index (χ3v) is 5.63. The highest BCUT2D eigenvalue weighted by Crippen LogP contribution is 2.30. The second-order valence-corrected chi connectivity index (χ2v) is 9.09. The molecule has 0 aliphatic heterocycles. The predicted octanol–water partition coefficient (Wildman–Crippen LogP) is 3.20. The van der Waals surface area contributed by atoms with E-state index in [-0.39, 0.29) is 17.0 Å². The second-order valence-electron chi connectivity index (χ2n) is 6.02. The Balaban J connectivity index is 2.33. The maximum absolute atomic E-state index is 14.3. The Morgan fingerprint density at radius 3 is 2.56 bits per heavy atom. The molecule has 0 aliphatic rings. The van der Waals surface area contributed by atoms with Crippen LogP contribution < -0.4 is 0 Å². The first-order chi connectivity index (χ1) is 12.6. The highest BCUT2D eigenvalue weighted by molar-refractivity contribution is 7.89. The molecule has 0 saturated heterocycles. The van der Waals surface area contributed by atoms with Crippen molar-refractivity contribution in [2.45, 2.75) is 6.92 Å². The fourth-order valence-corrected chi connectivity index (χ4v) is 4.54. The minimum absolute atomic E-state index is 0.0632. The molecule has 1 aromatic heterocycles. The van der Waals surface area contributed by atoms with E-state index in [0.717, 1.165) is 16.3 Å². The van der Waals surface area contributed by atoms with Crippen LogP contribution in [-0.2, 0) is 20.8 Å². The molecule has 142 valence electrons. The van der Waals surface area contributed by atoms with E-state index in [1.165, 1.54) is 29.9 Å². The topological polar surface area (TPSA) is 69.0 Å². The summed E-state index contributed by atoms with van der Waals surface area (Å²) in [6.45, 7) is 1.56. The third kappa shape index (κ3) is 3.70. The third-order valence-electron chi connectivity index (χ3n) is 3.94. The lowest BCUT2D eigenvalue weighted by atomic mass is 9.98. The fourth-order valence-electron chi connectivity index (χ4n) is 2.93. The highest BCUT2D eigenvalue weighted by atomic mass is 32.2. The molecule has 2 aromatic carbocycles. The Bertz CT molecular complexity index is 1210. The van der Waals surface area contributed by atoms with Crippen LogP contribution in [0.4, 0.5) is 8.78 Å². The number of nitrogens with zero attached hydrogens (tertiary/aromatic N) is 2. The van der Waals surface area contributed by atoms with E-state index in [1.54, 1.807) is 19.1 Å². The molecule has 3 aromatic rings. The average molecular weight is 410 g/mol. The van der Waals surface area contributed by atoms with Crippen molar-refractivity contribution in [1.29, 1.82) is 0 Å². The fraction of sp³-hybridized carbons (Fsp3) is 0.167. The molecule has 0 fully saturated rings. The first kappa shape index (κ1) is 19.4. The van der Waals surface area contributed by atoms with Gasteiger partial charge in [-0.15, -0.1) is 0 Å². The highest BCUT2D eigenvalue weighted by Gasteiger charge is 2.19. The Hall–Kier alpha value is -2.39. The van der Waals surface area contributed by atoms with Gasteiger partial charge in [-0.05, 0) is 30.7 Å². The van der Waals surface area contributed by atoms with Crippen molar-refractivity contribution in [2.75, 3.05) is 12.5 Å². The summed E-state index contributed by atoms with van der Waals surface area (Å²) in [7, 11) is -5.08. The number of aryl methyl sites for hydroxylation is 1. The van der Waals surface area contributed by atoms with Crippen molar-refractivity contribution in [2.24, 2.45) is 0 Å². The van der Waals surface area contributed by atoms with Crippen molar-refractivity contribution in [1.82, 2.24) is 8.96 Å². The van der Waals surface area contributed by atoms with Crippen LogP contribution in [0.5, 0.6) is 0 Å². The van der Waals surface area contributed by atoms with Crippen LogP contribution >= 0.6 is 0 Å². The summed E-state index contributed by atoms with van der Waals surface area (Å²) in [6.07, 6.45) is 2.46. The molecule has 1 heterocycles. The molecular weight excluding hydrogens is 394 g/mol. The van der Waals surface area contributed by atoms with E-state index in [2.05, 4.69) is 4.98 Å². The molecule has 27 heavy (non-hydrogen) atoms. The monoisotopic (exact) mass is 410 g/mol. The quantitative estimate of drug-likeness (QED) is 0.662. The van der Waals surface area contributed by atoms with Gasteiger partial charge in [0.15, 0.2) is 11.6 Å². The van der Waals surface area contributed by atoms with Crippen LogP contribution in [0.2, 0.25) is 0 Å². The Morgan fingerprint density at radius 1 is 1.22 bits per heavy atom. The summed E-state index contributed by atoms with van der Waals surface area (Å²) in [5.41, 5.74) is 1.28. The standard InChI is InChI=1S/C18H16F2N2O3S2/c1-11-21-16-8-7-12(9-17(16)22(11)27(3,24)25)14(10-26(2)23)13-5-4-6-15(19)18(13)20/h4-10H,1-3H3/b14-10-. The molecule has 0 amide bonds. The van der Waals surface area contributed by atoms with Crippen molar-refractivity contribution in [3.05, 3.63) is 70.4 Å². The molecular formula is C18H16F2N2O3S2. The second kappa shape index (κ2) is 6.97. The van der Waals surface area contributed by atoms with Gasteiger partial charge in [0.05, 0.1) is 17.3 Å². The number of hydrogen-bond donors (Lipinski definition) is 0. The molecule has 1 unspecified atom stereocenters. The van der Waals surface area contributed by atoms with Crippen LogP contribution in [0.25, 0.3) is 16.6 Å². The number of benzene rings is 2. The van der Waals surface area contributed by atoms with Crippen molar-refractivity contribution in [3.8, 4) is 0 Å². The molecule has 0 saturated carbocycles. The lowest BCUT2D eigenvalue weighted by Crippen LogP contribution is -2.11. The van der Waals surface area contributed by atoms with Crippen LogP contribution in [0.3, 0.4) is 0 Å². The van der Waals surface area contributed by atoms with Crippen molar-refractivity contribution in [3.63, 3.8) is 0 Å². The van der Waals surface area contributed by atoms with Gasteiger partial charge in [0.1, 0.15) is 5.82 Å². The van der Waals surface area contributed by atoms with Gasteiger partial charge >= 0.3 is 0 Å². The van der Waals surface area contributed by atoms with E-state index in [1.807, 2.05) is 0 Å². The Labute approximate surface area is 157 Å². The van der Waals surface area contributed by atoms with Crippen LogP contribution in [-0.4, -0.2) is 34.1 Å². The number of imidazole rings is 1. The SMILES string of the molecule is Cc1nc2ccc(/C(=C/S(C)=O)c3cccc(F)c3F)cc2n1S(C)(=O)=O. The summed E-state index contributed by atoms with van der Waals surface area (Å²) in [5.74, 6) is -1.81. The van der Waals surface area contributed by atoms with Gasteiger partial charge in [-0.3, -0.25) is 4.21 Å². The maximum atomic E-state index is 14.3. The lowest BCUT2D eigenvalue weighted by Gasteiger charge is -2.11. The number of fused-ring (bicyclic) bond motifs is 1. The van der Waals surface area contributed by atoms with Gasteiger partial charge in [-0.2, -0.15) is 0 Å². The predicted molar refractivity (Wildman–Crippen MR) is 102 cm³/mol. The van der Waals surface area contributed by atoms with E-state index in [9.17, 15) is 21.4 Å². The van der Waals surface area contributed by atoms with Crippen LogP contribution in [0.15, 0.2) is 41.8 Å². The molecule has 0 spiro atoms. The van der Waals surface area contributed by atoms with E-state index < -0.39 is 32.5 Å². The first-order valence-corrected chi connectivity index (χ1v) is 11.2. The zero-order valence-corrected chi connectivity index (χ0v) is 16.4. The minimum atomic E-state index is -3.62. The van der Waals surface area contributed by atoms with E-state index in [0.29, 0.717) is 16.6 Å². The lowest BCUT2D eigenvalue weighted by molar-refractivity contribution is 0.506. The zero-order valence-electron chi connectivity index (χ0n) is 14.7. The van der Waals surface area contributed by atoms with Gasteiger partial charge in [0.2, 0.25) is 10.0 Å². The van der Waals surface area contributed by atoms with Gasteiger partial charge < -0.3 is 0 Å². The largest absolute Gasteiger partial charge is 0.255 e. The maximum Gasteiger partial charge on any atom is 0.237 e. The number of halogens is 2. The Kier molecular flexibility index (Phi) is 5.00. The van der Waals surface area contributed by atoms with Gasteiger partial charge in [-0.25, -0.2) is 26.2 Å². The summed E-state index contributed by atoms with van der Waals surface area (Å²) >= 11 is 0. The smallest absolute Gasteiger partial charge is 0.237 e. The van der Waals surface area contributed by atoms with E-state index >= 15 is 0 Å². The van der Waals surface area contributed by atoms with E-state index in [4.69, 9.17) is 0 Å². The van der Waals surface area contributed by atoms with Crippen molar-refractivity contribution >= 4 is 37.4 Å². The van der Waals surface area contributed by atoms with Crippen molar-refractivity contribution < 1.29 is 21.4 Å². The zero-order chi connectivity index (χ0) is 19.9. The molecule has 0 radical (unpaired) electrons. The molecule has 0 bridgehead atoms. The van der Waals surface area contributed by atoms with Gasteiger partial charge in [0.25, 0.3) is 0 Å². The van der Waals surface area contributed by atoms with Crippen LogP contribution in [0.1, 0.15) is 17.0 Å². The molecule has 0 N–H and O–H groups in total. The number of aromatic nitrogens is 2. The summed E-state index contributed by atoms with van der Waals surface area (Å²) in [5, 5.41) is 1.30. The summed E-state index contributed by atoms with van der Waals surface area (Å²) < 4.78 is 65.1. The minimum Gasteiger partial charge on any atom is -0.255 e. The normalized spacial score (nSPS) is 13.9. The van der Waals surface area contributed by atoms with Crippen LogP contribution in [0, 0.1) is 18.6 Å². The average Bonchev–Trinajstić information content (AvgIpc) is 2.90. The summed E-state index contributed by atoms with van der Waals surface area (Å²) in [6, 6.07) is 8.42. The first-order valence-electron chi connectivity index (χ1n) is 7.78. The molecule has 0 aliphatic carbocycles. The van der Waals surface area contributed by atoms with Gasteiger partial charge in [0, 0.05) is 33.6 Å². The molecule has 9 heteroatoms. The Morgan fingerprint density at radius 2 is 1.93 bits per heavy atom. The summed E-state index contributed by atoms with van der Waals surface area (Å²) in [4.78, 5) is 4.22. The molecule has 5 nitrogen and oxygen atoms in total. The number of rotatable bonds is 4. The molecule has 3 rings (SSSR count). The molecule has 1 atom stereocenters.